The average Bonchev–Trinajstić information content (AvgIpc) is 2.78. The van der Waals surface area contributed by atoms with Gasteiger partial charge in [0.1, 0.15) is 0 Å². The molecule has 0 bridgehead atoms. The topological polar surface area (TPSA) is 34.9 Å². The number of nitrogens with zero attached hydrogens (tertiary/aromatic N) is 2. The quantitative estimate of drug-likeness (QED) is 0.633. The van der Waals surface area contributed by atoms with Crippen LogP contribution in [0.2, 0.25) is 0 Å². The summed E-state index contributed by atoms with van der Waals surface area (Å²) in [7, 11) is 0. The van der Waals surface area contributed by atoms with Gasteiger partial charge in [-0.2, -0.15) is 0 Å². The summed E-state index contributed by atoms with van der Waals surface area (Å²) in [4.78, 5) is 16.4. The van der Waals surface area contributed by atoms with Crippen LogP contribution in [0.15, 0.2) is 36.7 Å². The second kappa shape index (κ2) is 5.44. The molecule has 2 aromatic rings. The number of ketones is 1. The van der Waals surface area contributed by atoms with Crippen molar-refractivity contribution >= 4 is 28.4 Å². The molecule has 0 amide bonds. The molecule has 0 saturated carbocycles. The van der Waals surface area contributed by atoms with Crippen LogP contribution < -0.4 is 0 Å². The summed E-state index contributed by atoms with van der Waals surface area (Å²) in [5, 5.41) is 0. The molecule has 0 fully saturated rings. The number of hydrogen-bond acceptors (Lipinski definition) is 2. The van der Waals surface area contributed by atoms with Gasteiger partial charge in [-0.25, -0.2) is 4.98 Å². The van der Waals surface area contributed by atoms with E-state index in [4.69, 9.17) is 0 Å². The molecule has 0 saturated heterocycles. The Morgan fingerprint density at radius 2 is 2.06 bits per heavy atom. The Morgan fingerprint density at radius 3 is 2.71 bits per heavy atom. The Bertz CT molecular complexity index is 516. The molecule has 1 heterocycles. The van der Waals surface area contributed by atoms with Crippen molar-refractivity contribution < 1.29 is 4.79 Å². The number of carbonyl (C=O) groups excluding carboxylic acids is 1. The third-order valence-electron chi connectivity index (χ3n) is 2.49. The van der Waals surface area contributed by atoms with Gasteiger partial charge in [-0.1, -0.05) is 6.92 Å². The van der Waals surface area contributed by atoms with E-state index in [1.54, 1.807) is 6.20 Å². The van der Waals surface area contributed by atoms with Gasteiger partial charge >= 0.3 is 0 Å². The Labute approximate surface area is 114 Å². The Hall–Kier alpha value is -1.17. The minimum absolute atomic E-state index is 0.0140. The van der Waals surface area contributed by atoms with Crippen LogP contribution in [0.1, 0.15) is 29.5 Å². The molecule has 0 aliphatic heterocycles. The standard InChI is InChI=1S/C13H13IN2O/c1-2-8-16-9-7-15-13(16)12(17)10-3-5-11(14)6-4-10/h3-7,9H,2,8H2,1H3. The summed E-state index contributed by atoms with van der Waals surface area (Å²) in [5.41, 5.74) is 0.689. The third kappa shape index (κ3) is 2.74. The predicted octanol–water partition coefficient (Wildman–Crippen LogP) is 3.13. The van der Waals surface area contributed by atoms with Crippen LogP contribution in [0.25, 0.3) is 0 Å². The second-order valence-corrected chi connectivity index (χ2v) is 5.03. The lowest BCUT2D eigenvalue weighted by Gasteiger charge is -2.05. The predicted molar refractivity (Wildman–Crippen MR) is 75.1 cm³/mol. The molecule has 0 radical (unpaired) electrons. The van der Waals surface area contributed by atoms with E-state index < -0.39 is 0 Å². The van der Waals surface area contributed by atoms with Gasteiger partial charge in [0.15, 0.2) is 5.82 Å². The van der Waals surface area contributed by atoms with E-state index in [2.05, 4.69) is 34.5 Å². The molecular weight excluding hydrogens is 327 g/mol. The van der Waals surface area contributed by atoms with Gasteiger partial charge in [0.2, 0.25) is 5.78 Å². The summed E-state index contributed by atoms with van der Waals surface area (Å²) in [6.07, 6.45) is 4.52. The van der Waals surface area contributed by atoms with E-state index >= 15 is 0 Å². The number of carbonyl (C=O) groups is 1. The normalized spacial score (nSPS) is 10.5. The second-order valence-electron chi connectivity index (χ2n) is 3.78. The third-order valence-corrected chi connectivity index (χ3v) is 3.21. The fourth-order valence-corrected chi connectivity index (χ4v) is 2.03. The average molecular weight is 340 g/mol. The minimum Gasteiger partial charge on any atom is -0.328 e. The SMILES string of the molecule is CCCn1ccnc1C(=O)c1ccc(I)cc1. The lowest BCUT2D eigenvalue weighted by molar-refractivity contribution is 0.102. The number of halogens is 1. The molecule has 3 nitrogen and oxygen atoms in total. The van der Waals surface area contributed by atoms with Gasteiger partial charge in [-0.3, -0.25) is 4.79 Å². The van der Waals surface area contributed by atoms with Gasteiger partial charge in [-0.05, 0) is 53.3 Å². The summed E-state index contributed by atoms with van der Waals surface area (Å²) < 4.78 is 3.02. The zero-order chi connectivity index (χ0) is 12.3. The summed E-state index contributed by atoms with van der Waals surface area (Å²) in [5.74, 6) is 0.507. The highest BCUT2D eigenvalue weighted by molar-refractivity contribution is 14.1. The number of hydrogen-bond donors (Lipinski definition) is 0. The van der Waals surface area contributed by atoms with E-state index in [0.717, 1.165) is 16.5 Å². The first-order valence-corrected chi connectivity index (χ1v) is 6.61. The van der Waals surface area contributed by atoms with Crippen LogP contribution >= 0.6 is 22.6 Å². The number of aryl methyl sites for hydroxylation is 1. The fraction of sp³-hybridized carbons (Fsp3) is 0.231. The van der Waals surface area contributed by atoms with E-state index in [1.807, 2.05) is 35.0 Å². The van der Waals surface area contributed by atoms with Gasteiger partial charge in [0, 0.05) is 28.1 Å². The molecule has 0 spiro atoms. The van der Waals surface area contributed by atoms with Crippen LogP contribution in [0.5, 0.6) is 0 Å². The highest BCUT2D eigenvalue weighted by atomic mass is 127. The highest BCUT2D eigenvalue weighted by Crippen LogP contribution is 2.11. The van der Waals surface area contributed by atoms with Crippen molar-refractivity contribution in [3.05, 3.63) is 51.6 Å². The lowest BCUT2D eigenvalue weighted by Crippen LogP contribution is -2.11. The number of benzene rings is 1. The largest absolute Gasteiger partial charge is 0.328 e. The molecule has 0 aliphatic carbocycles. The van der Waals surface area contributed by atoms with Crippen molar-refractivity contribution in [2.75, 3.05) is 0 Å². The Morgan fingerprint density at radius 1 is 1.35 bits per heavy atom. The number of aromatic nitrogens is 2. The van der Waals surface area contributed by atoms with Crippen molar-refractivity contribution in [1.29, 1.82) is 0 Å². The van der Waals surface area contributed by atoms with Crippen molar-refractivity contribution in [2.24, 2.45) is 0 Å². The molecule has 4 heteroatoms. The first-order valence-electron chi connectivity index (χ1n) is 5.53. The maximum absolute atomic E-state index is 12.2. The molecular formula is C13H13IN2O. The molecule has 0 atom stereocenters. The monoisotopic (exact) mass is 340 g/mol. The molecule has 1 aromatic carbocycles. The van der Waals surface area contributed by atoms with Crippen molar-refractivity contribution in [3.63, 3.8) is 0 Å². The first-order chi connectivity index (χ1) is 8.22. The molecule has 17 heavy (non-hydrogen) atoms. The van der Waals surface area contributed by atoms with Gasteiger partial charge in [-0.15, -0.1) is 0 Å². The van der Waals surface area contributed by atoms with E-state index in [9.17, 15) is 4.79 Å². The van der Waals surface area contributed by atoms with Gasteiger partial charge < -0.3 is 4.57 Å². The maximum Gasteiger partial charge on any atom is 0.228 e. The van der Waals surface area contributed by atoms with Gasteiger partial charge in [0.25, 0.3) is 0 Å². The molecule has 0 aliphatic rings. The Kier molecular flexibility index (Phi) is 3.93. The Balaban J connectivity index is 2.30. The molecule has 0 N–H and O–H groups in total. The summed E-state index contributed by atoms with van der Waals surface area (Å²) in [6.45, 7) is 2.91. The van der Waals surface area contributed by atoms with E-state index in [0.29, 0.717) is 11.4 Å². The number of rotatable bonds is 4. The highest BCUT2D eigenvalue weighted by Gasteiger charge is 2.14. The van der Waals surface area contributed by atoms with E-state index in [-0.39, 0.29) is 5.78 Å². The lowest BCUT2D eigenvalue weighted by atomic mass is 10.1. The van der Waals surface area contributed by atoms with Crippen molar-refractivity contribution in [2.45, 2.75) is 19.9 Å². The minimum atomic E-state index is -0.0140. The van der Waals surface area contributed by atoms with Crippen LogP contribution in [0.3, 0.4) is 0 Å². The van der Waals surface area contributed by atoms with Crippen molar-refractivity contribution in [1.82, 2.24) is 9.55 Å². The summed E-state index contributed by atoms with van der Waals surface area (Å²) in [6, 6.07) is 7.55. The maximum atomic E-state index is 12.2. The van der Waals surface area contributed by atoms with E-state index in [1.165, 1.54) is 0 Å². The smallest absolute Gasteiger partial charge is 0.228 e. The van der Waals surface area contributed by atoms with Crippen LogP contribution in [0.4, 0.5) is 0 Å². The van der Waals surface area contributed by atoms with Gasteiger partial charge in [0.05, 0.1) is 0 Å². The molecule has 2 rings (SSSR count). The molecule has 1 aromatic heterocycles. The van der Waals surface area contributed by atoms with Crippen LogP contribution in [0, 0.1) is 3.57 Å². The van der Waals surface area contributed by atoms with Crippen LogP contribution in [-0.2, 0) is 6.54 Å². The fourth-order valence-electron chi connectivity index (χ4n) is 1.67. The molecule has 0 unspecified atom stereocenters. The van der Waals surface area contributed by atoms with Crippen LogP contribution in [-0.4, -0.2) is 15.3 Å². The van der Waals surface area contributed by atoms with Crippen molar-refractivity contribution in [3.8, 4) is 0 Å². The zero-order valence-electron chi connectivity index (χ0n) is 9.56. The first kappa shape index (κ1) is 12.3. The zero-order valence-corrected chi connectivity index (χ0v) is 11.7. The summed E-state index contributed by atoms with van der Waals surface area (Å²) >= 11 is 2.22. The molecule has 88 valence electrons. The number of imidazole rings is 1.